The van der Waals surface area contributed by atoms with Crippen molar-refractivity contribution in [1.82, 2.24) is 15.5 Å². The van der Waals surface area contributed by atoms with Crippen LogP contribution in [-0.2, 0) is 9.59 Å². The average Bonchev–Trinajstić information content (AvgIpc) is 3.01. The number of amides is 4. The molecular formula is C25H39N3O3. The molecule has 4 rings (SSSR count). The topological polar surface area (TPSA) is 78.5 Å². The van der Waals surface area contributed by atoms with Crippen molar-refractivity contribution in [3.63, 3.8) is 0 Å². The molecule has 3 aliphatic carbocycles. The van der Waals surface area contributed by atoms with E-state index < -0.39 is 6.03 Å². The van der Waals surface area contributed by atoms with Crippen LogP contribution in [0.1, 0.15) is 73.1 Å². The van der Waals surface area contributed by atoms with Crippen molar-refractivity contribution < 1.29 is 14.4 Å². The molecule has 0 saturated heterocycles. The van der Waals surface area contributed by atoms with Crippen LogP contribution in [0.15, 0.2) is 12.2 Å². The maximum Gasteiger partial charge on any atom is 0.321 e. The van der Waals surface area contributed by atoms with Gasteiger partial charge in [0.05, 0.1) is 0 Å². The highest BCUT2D eigenvalue weighted by molar-refractivity contribution is 5.96. The third-order valence-corrected chi connectivity index (χ3v) is 9.17. The summed E-state index contributed by atoms with van der Waals surface area (Å²) in [7, 11) is 1.95. The third-order valence-electron chi connectivity index (χ3n) is 9.17. The fraction of sp³-hybridized carbons (Fsp3) is 0.800. The number of imide groups is 1. The number of carbonyl (C=O) groups is 3. The van der Waals surface area contributed by atoms with Crippen LogP contribution in [-0.4, -0.2) is 41.4 Å². The zero-order valence-corrected chi connectivity index (χ0v) is 20.0. The summed E-state index contributed by atoms with van der Waals surface area (Å²) >= 11 is 0. The van der Waals surface area contributed by atoms with Crippen LogP contribution in [0.4, 0.5) is 4.79 Å². The molecule has 0 aromatic carbocycles. The predicted octanol–water partition coefficient (Wildman–Crippen LogP) is 3.87. The molecule has 0 aromatic rings. The van der Waals surface area contributed by atoms with Gasteiger partial charge in [0.15, 0.2) is 0 Å². The zero-order chi connectivity index (χ0) is 22.8. The van der Waals surface area contributed by atoms with Gasteiger partial charge in [-0.3, -0.25) is 14.9 Å². The summed E-state index contributed by atoms with van der Waals surface area (Å²) in [5.74, 6) is 1.51. The molecular weight excluding hydrogens is 390 g/mol. The van der Waals surface area contributed by atoms with Gasteiger partial charge in [0, 0.05) is 30.0 Å². The molecule has 0 unspecified atom stereocenters. The fourth-order valence-corrected chi connectivity index (χ4v) is 7.74. The first-order chi connectivity index (χ1) is 14.4. The van der Waals surface area contributed by atoms with Crippen LogP contribution in [0.3, 0.4) is 0 Å². The van der Waals surface area contributed by atoms with Gasteiger partial charge in [-0.1, -0.05) is 19.9 Å². The normalized spacial score (nSPS) is 41.8. The van der Waals surface area contributed by atoms with Crippen LogP contribution in [0.25, 0.3) is 0 Å². The average molecular weight is 430 g/mol. The molecule has 2 N–H and O–H groups in total. The Bertz CT molecular complexity index is 815. The quantitative estimate of drug-likeness (QED) is 0.664. The van der Waals surface area contributed by atoms with Crippen LogP contribution in [0.2, 0.25) is 0 Å². The van der Waals surface area contributed by atoms with Crippen molar-refractivity contribution in [3.05, 3.63) is 12.2 Å². The van der Waals surface area contributed by atoms with Crippen LogP contribution < -0.4 is 10.6 Å². The lowest BCUT2D eigenvalue weighted by Gasteiger charge is -2.60. The Morgan fingerprint density at radius 2 is 1.77 bits per heavy atom. The van der Waals surface area contributed by atoms with Crippen molar-refractivity contribution in [1.29, 1.82) is 0 Å². The number of urea groups is 1. The van der Waals surface area contributed by atoms with Crippen LogP contribution in [0, 0.1) is 34.5 Å². The number of nitrogens with zero attached hydrogens (tertiary/aromatic N) is 1. The van der Waals surface area contributed by atoms with Gasteiger partial charge in [-0.2, -0.15) is 0 Å². The van der Waals surface area contributed by atoms with E-state index in [1.165, 1.54) is 0 Å². The van der Waals surface area contributed by atoms with E-state index in [1.807, 2.05) is 32.7 Å². The van der Waals surface area contributed by atoms with E-state index in [0.717, 1.165) is 38.5 Å². The fourth-order valence-electron chi connectivity index (χ4n) is 7.74. The molecule has 0 bridgehead atoms. The smallest absolute Gasteiger partial charge is 0.321 e. The van der Waals surface area contributed by atoms with E-state index in [2.05, 4.69) is 30.6 Å². The Kier molecular flexibility index (Phi) is 5.30. The summed E-state index contributed by atoms with van der Waals surface area (Å²) in [6.45, 7) is 10.4. The molecule has 3 saturated carbocycles. The maximum atomic E-state index is 13.1. The summed E-state index contributed by atoms with van der Waals surface area (Å²) in [6.07, 6.45) is 10.1. The number of nitrogens with one attached hydrogen (secondary N) is 2. The van der Waals surface area contributed by atoms with E-state index in [9.17, 15) is 14.4 Å². The first-order valence-electron chi connectivity index (χ1n) is 12.0. The molecule has 3 fully saturated rings. The minimum atomic E-state index is -0.397. The van der Waals surface area contributed by atoms with Gasteiger partial charge in [-0.15, -0.1) is 0 Å². The Labute approximate surface area is 186 Å². The van der Waals surface area contributed by atoms with Gasteiger partial charge in [-0.25, -0.2) is 4.79 Å². The standard InChI is InChI=1S/C25H39N3O3/c1-23(2,3)27-22(31)26-21(30)18-9-8-16-15-7-10-19-25(5,14-12-20(29)28(19)6)17(15)11-13-24(16,18)4/h12,14-19H,7-11,13H2,1-6H3,(H2,26,27,30,31)/t15-,16-,17-,18+,19+,24-,25+/m0/s1. The highest BCUT2D eigenvalue weighted by atomic mass is 16.2. The number of carbonyl (C=O) groups excluding carboxylic acids is 3. The third kappa shape index (κ3) is 3.60. The summed E-state index contributed by atoms with van der Waals surface area (Å²) in [6, 6.07) is -0.122. The molecule has 0 spiro atoms. The van der Waals surface area contributed by atoms with Crippen molar-refractivity contribution >= 4 is 17.8 Å². The van der Waals surface area contributed by atoms with Crippen molar-refractivity contribution in [2.75, 3.05) is 7.05 Å². The summed E-state index contributed by atoms with van der Waals surface area (Å²) in [4.78, 5) is 39.6. The summed E-state index contributed by atoms with van der Waals surface area (Å²) < 4.78 is 0. The second-order valence-electron chi connectivity index (χ2n) is 12.0. The molecule has 7 atom stereocenters. The van der Waals surface area contributed by atoms with Crippen molar-refractivity contribution in [2.24, 2.45) is 34.5 Å². The zero-order valence-electron chi connectivity index (χ0n) is 20.0. The lowest BCUT2D eigenvalue weighted by atomic mass is 9.47. The van der Waals surface area contributed by atoms with Gasteiger partial charge in [0.25, 0.3) is 0 Å². The first-order valence-corrected chi connectivity index (χ1v) is 12.0. The Morgan fingerprint density at radius 1 is 1.06 bits per heavy atom. The van der Waals surface area contributed by atoms with E-state index in [-0.39, 0.29) is 40.1 Å². The molecule has 172 valence electrons. The molecule has 1 aliphatic heterocycles. The Balaban J connectivity index is 1.52. The minimum Gasteiger partial charge on any atom is -0.338 e. The van der Waals surface area contributed by atoms with E-state index in [1.54, 1.807) is 6.08 Å². The molecule has 6 nitrogen and oxygen atoms in total. The Hall–Kier alpha value is -1.85. The predicted molar refractivity (Wildman–Crippen MR) is 120 cm³/mol. The number of rotatable bonds is 1. The van der Waals surface area contributed by atoms with Gasteiger partial charge in [0.2, 0.25) is 11.8 Å². The SMILES string of the molecule is CN1C(=O)C=C[C@]2(C)[C@H]3CC[C@]4(C)[C@@H](C(=O)NC(=O)NC(C)(C)C)CC[C@H]4[C@@H]3CC[C@@H]12. The highest BCUT2D eigenvalue weighted by Crippen LogP contribution is 2.65. The monoisotopic (exact) mass is 429 g/mol. The van der Waals surface area contributed by atoms with Crippen LogP contribution in [0.5, 0.6) is 0 Å². The van der Waals surface area contributed by atoms with Crippen molar-refractivity contribution in [2.45, 2.75) is 84.7 Å². The number of hydrogen-bond donors (Lipinski definition) is 2. The molecule has 4 aliphatic rings. The van der Waals surface area contributed by atoms with Gasteiger partial charge >= 0.3 is 6.03 Å². The Morgan fingerprint density at radius 3 is 2.45 bits per heavy atom. The van der Waals surface area contributed by atoms with Gasteiger partial charge < -0.3 is 10.2 Å². The summed E-state index contributed by atoms with van der Waals surface area (Å²) in [5.41, 5.74) is -0.420. The molecule has 1 heterocycles. The lowest BCUT2D eigenvalue weighted by molar-refractivity contribution is -0.142. The number of hydrogen-bond acceptors (Lipinski definition) is 3. The molecule has 31 heavy (non-hydrogen) atoms. The van der Waals surface area contributed by atoms with Crippen LogP contribution >= 0.6 is 0 Å². The number of likely N-dealkylation sites (N-methyl/N-ethyl adjacent to an activating group) is 1. The minimum absolute atomic E-state index is 0.0137. The van der Waals surface area contributed by atoms with Crippen molar-refractivity contribution in [3.8, 4) is 0 Å². The number of fused-ring (bicyclic) bond motifs is 5. The maximum absolute atomic E-state index is 13.1. The highest BCUT2D eigenvalue weighted by Gasteiger charge is 2.61. The molecule has 0 aromatic heterocycles. The molecule has 6 heteroatoms. The van der Waals surface area contributed by atoms with Gasteiger partial charge in [-0.05, 0) is 88.5 Å². The van der Waals surface area contributed by atoms with Gasteiger partial charge in [0.1, 0.15) is 0 Å². The largest absolute Gasteiger partial charge is 0.338 e. The second kappa shape index (κ2) is 7.35. The molecule has 0 radical (unpaired) electrons. The second-order valence-corrected chi connectivity index (χ2v) is 12.0. The summed E-state index contributed by atoms with van der Waals surface area (Å²) in [5, 5.41) is 5.46. The first kappa shape index (κ1) is 22.3. The van der Waals surface area contributed by atoms with E-state index in [4.69, 9.17) is 0 Å². The lowest BCUT2D eigenvalue weighted by Crippen LogP contribution is -2.60. The van der Waals surface area contributed by atoms with E-state index >= 15 is 0 Å². The molecule has 4 amide bonds. The van der Waals surface area contributed by atoms with E-state index in [0.29, 0.717) is 17.8 Å².